The first-order valence-electron chi connectivity index (χ1n) is 9.53. The normalized spacial score (nSPS) is 13.1. The van der Waals surface area contributed by atoms with E-state index < -0.39 is 0 Å². The molecule has 3 aromatic rings. The number of rotatable bonds is 6. The Kier molecular flexibility index (Phi) is 5.42. The quantitative estimate of drug-likeness (QED) is 0.637. The zero-order valence-electron chi connectivity index (χ0n) is 15.9. The van der Waals surface area contributed by atoms with Gasteiger partial charge in [0.1, 0.15) is 0 Å². The van der Waals surface area contributed by atoms with Gasteiger partial charge in [0.2, 0.25) is 0 Å². The number of hydrogen-bond acceptors (Lipinski definition) is 3. The molecule has 0 bridgehead atoms. The molecule has 1 aliphatic heterocycles. The maximum atomic E-state index is 12.9. The third-order valence-electron chi connectivity index (χ3n) is 4.79. The highest BCUT2D eigenvalue weighted by Gasteiger charge is 2.21. The van der Waals surface area contributed by atoms with E-state index in [9.17, 15) is 9.59 Å². The Balaban J connectivity index is 1.51. The standard InChI is InChI=1S/C23H22N4O2/c28-22(19-11-13-20(14-12-19)26-16-15-24-23(26)29)25-27(21-9-5-2-6-10-21)17-18-7-3-1-4-8-18/h1-14H,15-17H2,(H,24,29)(H,25,28). The van der Waals surface area contributed by atoms with E-state index in [1.807, 2.05) is 65.7 Å². The number of hydrogen-bond donors (Lipinski definition) is 2. The Morgan fingerprint density at radius 2 is 1.59 bits per heavy atom. The minimum Gasteiger partial charge on any atom is -0.336 e. The van der Waals surface area contributed by atoms with Crippen molar-refractivity contribution in [1.29, 1.82) is 0 Å². The van der Waals surface area contributed by atoms with Crippen molar-refractivity contribution in [2.45, 2.75) is 6.54 Å². The molecule has 1 aliphatic rings. The van der Waals surface area contributed by atoms with E-state index in [0.717, 1.165) is 16.9 Å². The van der Waals surface area contributed by atoms with Crippen molar-refractivity contribution in [1.82, 2.24) is 10.7 Å². The van der Waals surface area contributed by atoms with E-state index in [1.165, 1.54) is 0 Å². The summed E-state index contributed by atoms with van der Waals surface area (Å²) in [6.45, 7) is 1.80. The van der Waals surface area contributed by atoms with Gasteiger partial charge in [-0.1, -0.05) is 48.5 Å². The minimum absolute atomic E-state index is 0.111. The first kappa shape index (κ1) is 18.6. The summed E-state index contributed by atoms with van der Waals surface area (Å²) in [7, 11) is 0. The van der Waals surface area contributed by atoms with Crippen LogP contribution in [-0.4, -0.2) is 25.0 Å². The summed E-state index contributed by atoms with van der Waals surface area (Å²) in [5.74, 6) is -0.206. The highest BCUT2D eigenvalue weighted by Crippen LogP contribution is 2.19. The molecule has 6 heteroatoms. The van der Waals surface area contributed by atoms with Crippen LogP contribution in [0, 0.1) is 0 Å². The number of carbonyl (C=O) groups excluding carboxylic acids is 2. The summed E-state index contributed by atoms with van der Waals surface area (Å²) >= 11 is 0. The van der Waals surface area contributed by atoms with Gasteiger partial charge < -0.3 is 5.32 Å². The lowest BCUT2D eigenvalue weighted by atomic mass is 10.2. The molecule has 0 saturated carbocycles. The molecule has 1 fully saturated rings. The number of anilines is 2. The van der Waals surface area contributed by atoms with Crippen LogP contribution in [0.2, 0.25) is 0 Å². The Morgan fingerprint density at radius 1 is 0.931 bits per heavy atom. The Morgan fingerprint density at radius 3 is 2.21 bits per heavy atom. The maximum Gasteiger partial charge on any atom is 0.321 e. The molecule has 146 valence electrons. The van der Waals surface area contributed by atoms with Crippen molar-refractivity contribution in [3.05, 3.63) is 96.1 Å². The van der Waals surface area contributed by atoms with Gasteiger partial charge in [-0.2, -0.15) is 0 Å². The monoisotopic (exact) mass is 386 g/mol. The fourth-order valence-electron chi connectivity index (χ4n) is 3.27. The Labute approximate surface area is 169 Å². The molecular weight excluding hydrogens is 364 g/mol. The van der Waals surface area contributed by atoms with Crippen LogP contribution in [-0.2, 0) is 6.54 Å². The van der Waals surface area contributed by atoms with E-state index in [4.69, 9.17) is 0 Å². The van der Waals surface area contributed by atoms with Crippen LogP contribution in [0.1, 0.15) is 15.9 Å². The lowest BCUT2D eigenvalue weighted by molar-refractivity contribution is 0.0948. The number of hydrazine groups is 1. The van der Waals surface area contributed by atoms with Gasteiger partial charge in [-0.3, -0.25) is 20.1 Å². The molecular formula is C23H22N4O2. The SMILES string of the molecule is O=C(NN(Cc1ccccc1)c1ccccc1)c1ccc(N2CCNC2=O)cc1. The Hall–Kier alpha value is -3.80. The van der Waals surface area contributed by atoms with E-state index in [0.29, 0.717) is 25.2 Å². The molecule has 1 saturated heterocycles. The van der Waals surface area contributed by atoms with Gasteiger partial charge in [-0.25, -0.2) is 4.79 Å². The summed E-state index contributed by atoms with van der Waals surface area (Å²) in [6, 6.07) is 26.7. The smallest absolute Gasteiger partial charge is 0.321 e. The van der Waals surface area contributed by atoms with Crippen molar-refractivity contribution >= 4 is 23.3 Å². The zero-order valence-corrected chi connectivity index (χ0v) is 15.9. The molecule has 0 unspecified atom stereocenters. The molecule has 3 amide bonds. The number of amides is 3. The third kappa shape index (κ3) is 4.38. The molecule has 0 aliphatic carbocycles. The first-order chi connectivity index (χ1) is 14.2. The summed E-state index contributed by atoms with van der Waals surface area (Å²) in [5.41, 5.74) is 6.29. The molecule has 3 aromatic carbocycles. The van der Waals surface area contributed by atoms with Crippen molar-refractivity contribution in [2.24, 2.45) is 0 Å². The van der Waals surface area contributed by atoms with Crippen LogP contribution in [0.15, 0.2) is 84.9 Å². The molecule has 29 heavy (non-hydrogen) atoms. The highest BCUT2D eigenvalue weighted by molar-refractivity contribution is 5.97. The molecule has 0 aromatic heterocycles. The van der Waals surface area contributed by atoms with Gasteiger partial charge in [-0.15, -0.1) is 0 Å². The number of benzene rings is 3. The average molecular weight is 386 g/mol. The van der Waals surface area contributed by atoms with Gasteiger partial charge in [-0.05, 0) is 42.0 Å². The number of urea groups is 1. The average Bonchev–Trinajstić information content (AvgIpc) is 3.20. The summed E-state index contributed by atoms with van der Waals surface area (Å²) in [6.07, 6.45) is 0. The second-order valence-electron chi connectivity index (χ2n) is 6.78. The van der Waals surface area contributed by atoms with Gasteiger partial charge in [0.05, 0.1) is 12.2 Å². The molecule has 4 rings (SSSR count). The fourth-order valence-corrected chi connectivity index (χ4v) is 3.27. The van der Waals surface area contributed by atoms with Crippen molar-refractivity contribution in [2.75, 3.05) is 23.0 Å². The minimum atomic E-state index is -0.206. The van der Waals surface area contributed by atoms with Crippen molar-refractivity contribution in [3.63, 3.8) is 0 Å². The van der Waals surface area contributed by atoms with Crippen LogP contribution in [0.5, 0.6) is 0 Å². The van der Waals surface area contributed by atoms with Gasteiger partial charge >= 0.3 is 6.03 Å². The predicted molar refractivity (Wildman–Crippen MR) is 114 cm³/mol. The lowest BCUT2D eigenvalue weighted by Gasteiger charge is -2.25. The fraction of sp³-hybridized carbons (Fsp3) is 0.130. The van der Waals surface area contributed by atoms with Gasteiger partial charge in [0, 0.05) is 24.3 Å². The number of nitrogens with one attached hydrogen (secondary N) is 2. The summed E-state index contributed by atoms with van der Waals surface area (Å²) < 4.78 is 0. The van der Waals surface area contributed by atoms with Gasteiger partial charge in [0.15, 0.2) is 0 Å². The topological polar surface area (TPSA) is 64.7 Å². The molecule has 6 nitrogen and oxygen atoms in total. The molecule has 1 heterocycles. The third-order valence-corrected chi connectivity index (χ3v) is 4.79. The summed E-state index contributed by atoms with van der Waals surface area (Å²) in [4.78, 5) is 26.3. The number of carbonyl (C=O) groups is 2. The predicted octanol–water partition coefficient (Wildman–Crippen LogP) is 3.57. The van der Waals surface area contributed by atoms with Crippen molar-refractivity contribution < 1.29 is 9.59 Å². The van der Waals surface area contributed by atoms with Crippen LogP contribution in [0.3, 0.4) is 0 Å². The largest absolute Gasteiger partial charge is 0.336 e. The Bertz CT molecular complexity index is 975. The van der Waals surface area contributed by atoms with Gasteiger partial charge in [0.25, 0.3) is 5.91 Å². The molecule has 0 spiro atoms. The lowest BCUT2D eigenvalue weighted by Crippen LogP contribution is -2.42. The van der Waals surface area contributed by atoms with Crippen LogP contribution in [0.25, 0.3) is 0 Å². The van der Waals surface area contributed by atoms with E-state index >= 15 is 0 Å². The van der Waals surface area contributed by atoms with E-state index in [1.54, 1.807) is 29.2 Å². The summed E-state index contributed by atoms with van der Waals surface area (Å²) in [5, 5.41) is 4.61. The molecule has 0 atom stereocenters. The van der Waals surface area contributed by atoms with Crippen LogP contribution in [0.4, 0.5) is 16.2 Å². The highest BCUT2D eigenvalue weighted by atomic mass is 16.2. The second kappa shape index (κ2) is 8.48. The van der Waals surface area contributed by atoms with Crippen molar-refractivity contribution in [3.8, 4) is 0 Å². The second-order valence-corrected chi connectivity index (χ2v) is 6.78. The first-order valence-corrected chi connectivity index (χ1v) is 9.53. The zero-order chi connectivity index (χ0) is 20.1. The number of nitrogens with zero attached hydrogens (tertiary/aromatic N) is 2. The molecule has 0 radical (unpaired) electrons. The molecule has 2 N–H and O–H groups in total. The van der Waals surface area contributed by atoms with E-state index in [2.05, 4.69) is 10.7 Å². The van der Waals surface area contributed by atoms with E-state index in [-0.39, 0.29) is 11.9 Å². The number of para-hydroxylation sites is 1. The van der Waals surface area contributed by atoms with Crippen LogP contribution >= 0.6 is 0 Å². The van der Waals surface area contributed by atoms with Crippen LogP contribution < -0.4 is 20.7 Å². The maximum absolute atomic E-state index is 12.9.